The van der Waals surface area contributed by atoms with Gasteiger partial charge in [0.2, 0.25) is 0 Å². The van der Waals surface area contributed by atoms with Crippen molar-refractivity contribution in [1.82, 2.24) is 0 Å². The molecule has 0 aromatic rings. The second-order valence-corrected chi connectivity index (χ2v) is 51.1. The van der Waals surface area contributed by atoms with Crippen molar-refractivity contribution >= 4 is 59.7 Å². The van der Waals surface area contributed by atoms with E-state index in [0.29, 0.717) is 110 Å². The molecule has 0 aliphatic heterocycles. The van der Waals surface area contributed by atoms with E-state index in [1.165, 1.54) is 44.9 Å². The van der Waals surface area contributed by atoms with Crippen LogP contribution in [0, 0.1) is 88.7 Å². The highest BCUT2D eigenvalue weighted by Crippen LogP contribution is 2.65. The molecule has 846 valence electrons. The van der Waals surface area contributed by atoms with Crippen LogP contribution < -0.4 is 0 Å². The van der Waals surface area contributed by atoms with Gasteiger partial charge in [-0.05, 0) is 329 Å². The maximum atomic E-state index is 13.1. The van der Waals surface area contributed by atoms with E-state index in [0.717, 1.165) is 160 Å². The summed E-state index contributed by atoms with van der Waals surface area (Å²) in [5.74, 6) is -0.125. The number of carbonyl (C=O) groups is 10. The standard InChI is InChI=1S/C21H38O5.C21H36O3.2C20H36O5.C19H34O5.C18H34O3/c1-7-19(3,4)18(23)25-15-12-17(22)26-21(13-10-9-11-14-21)20(5,6)16-24-8-2;1-7-19(2,3)18(22)24-21(20(4,5)13-23-6)16-9-14-8-15(11-16)12-17(21)10-14;1-7-18(3,4)17(22)24-14-11-16(21)25-20(12-9-10-13-20)19(5,6)15-23-8-2;1-7-18(3,4)17(22)24-14-16(21)25-20(12-10-9-11-13-20)19(5,6)15-23-8-2;1-7-17(3,4)16(21)23-13-15(20)24-19(11-9-10-12-19)18(5,6)14-22-8-2;1-7-16(3,4)15(19)21-18(12-10-9-11-13-18)17(5,6)14-20-8-2/h7-16H2,1-6H3;14-17H,7-13H2,1-6H3;2*7-15H2,1-6H3;7-14H2,1-6H3;7-14H2,1-6H3. The van der Waals surface area contributed by atoms with Crippen molar-refractivity contribution in [3.05, 3.63) is 0 Å². The number of rotatable bonds is 51. The highest BCUT2D eigenvalue weighted by molar-refractivity contribution is 5.82. The summed E-state index contributed by atoms with van der Waals surface area (Å²) in [7, 11) is 1.77. The van der Waals surface area contributed by atoms with Gasteiger partial charge in [0.1, 0.15) is 46.8 Å². The summed E-state index contributed by atoms with van der Waals surface area (Å²) in [6.45, 7) is 76.3. The molecule has 9 rings (SSSR count). The van der Waals surface area contributed by atoms with E-state index >= 15 is 0 Å². The van der Waals surface area contributed by atoms with Crippen LogP contribution in [0.5, 0.6) is 0 Å². The number of methoxy groups -OCH3 is 1. The van der Waals surface area contributed by atoms with Crippen LogP contribution in [0.1, 0.15) is 473 Å². The monoisotopic (exact) mass is 2060 g/mol. The van der Waals surface area contributed by atoms with Gasteiger partial charge >= 0.3 is 59.7 Å². The molecule has 0 N–H and O–H groups in total. The van der Waals surface area contributed by atoms with E-state index in [-0.39, 0.29) is 131 Å². The molecule has 0 atom stereocenters. The molecular weight excluding hydrogens is 1850 g/mol. The van der Waals surface area contributed by atoms with Crippen LogP contribution in [0.25, 0.3) is 0 Å². The Morgan fingerprint density at radius 1 is 0.234 bits per heavy atom. The molecule has 145 heavy (non-hydrogen) atoms. The lowest BCUT2D eigenvalue weighted by atomic mass is 9.44. The maximum absolute atomic E-state index is 13.1. The molecule has 0 amide bonds. The van der Waals surface area contributed by atoms with Crippen LogP contribution in [0.15, 0.2) is 0 Å². The van der Waals surface area contributed by atoms with Gasteiger partial charge in [-0.1, -0.05) is 144 Å². The van der Waals surface area contributed by atoms with Gasteiger partial charge in [-0.25, -0.2) is 9.59 Å². The Balaban J connectivity index is 0.000000448. The Hall–Kier alpha value is -5.54. The van der Waals surface area contributed by atoms with E-state index in [1.54, 1.807) is 7.11 Å². The topological polar surface area (TPSA) is 318 Å². The van der Waals surface area contributed by atoms with Crippen LogP contribution in [-0.4, -0.2) is 200 Å². The molecule has 0 saturated heterocycles. The lowest BCUT2D eigenvalue weighted by molar-refractivity contribution is -0.259. The number of esters is 10. The first-order valence-corrected chi connectivity index (χ1v) is 56.7. The van der Waals surface area contributed by atoms with Gasteiger partial charge in [-0.3, -0.25) is 38.4 Å². The average Bonchev–Trinajstić information content (AvgIpc) is 1.59. The fourth-order valence-electron chi connectivity index (χ4n) is 22.0. The molecule has 9 fully saturated rings. The van der Waals surface area contributed by atoms with Crippen LogP contribution >= 0.6 is 0 Å². The summed E-state index contributed by atoms with van der Waals surface area (Å²) in [5.41, 5.74) is -7.16. The minimum Gasteiger partial charge on any atom is -0.465 e. The Bertz CT molecular complexity index is 3860. The van der Waals surface area contributed by atoms with Crippen LogP contribution in [0.4, 0.5) is 0 Å². The average molecular weight is 2060 g/mol. The summed E-state index contributed by atoms with van der Waals surface area (Å²) in [6.07, 6.45) is 33.7. The third kappa shape index (κ3) is 37.1. The smallest absolute Gasteiger partial charge is 0.344 e. The summed E-state index contributed by atoms with van der Waals surface area (Å²) >= 11 is 0. The third-order valence-electron chi connectivity index (χ3n) is 35.3. The molecule has 0 unspecified atom stereocenters. The van der Waals surface area contributed by atoms with Crippen molar-refractivity contribution in [2.45, 2.75) is 507 Å². The molecule has 4 bridgehead atoms. The summed E-state index contributed by atoms with van der Waals surface area (Å²) in [4.78, 5) is 123. The zero-order chi connectivity index (χ0) is 110. The van der Waals surface area contributed by atoms with Crippen molar-refractivity contribution in [3.8, 4) is 0 Å². The van der Waals surface area contributed by atoms with Gasteiger partial charge in [0.15, 0.2) is 13.2 Å². The summed E-state index contributed by atoms with van der Waals surface area (Å²) in [6, 6.07) is 0. The van der Waals surface area contributed by atoms with Crippen LogP contribution in [-0.2, 0) is 124 Å². The fraction of sp³-hybridized carbons (Fsp3) is 0.916. The molecule has 0 aromatic carbocycles. The van der Waals surface area contributed by atoms with Crippen molar-refractivity contribution in [2.75, 3.05) is 106 Å². The van der Waals surface area contributed by atoms with E-state index < -0.39 is 66.8 Å². The minimum absolute atomic E-state index is 0.0124. The molecule has 0 heterocycles. The predicted molar refractivity (Wildman–Crippen MR) is 571 cm³/mol. The Kier molecular flexibility index (Phi) is 53.9. The van der Waals surface area contributed by atoms with Gasteiger partial charge < -0.3 is 75.8 Å². The van der Waals surface area contributed by atoms with Crippen molar-refractivity contribution < 1.29 is 124 Å². The lowest BCUT2D eigenvalue weighted by Gasteiger charge is -2.65. The van der Waals surface area contributed by atoms with E-state index in [2.05, 4.69) is 90.0 Å². The number of carbonyl (C=O) groups excluding carboxylic acids is 10. The highest BCUT2D eigenvalue weighted by Gasteiger charge is 2.67. The van der Waals surface area contributed by atoms with Crippen molar-refractivity contribution in [2.24, 2.45) is 88.7 Å². The summed E-state index contributed by atoms with van der Waals surface area (Å²) < 4.78 is 91.2. The third-order valence-corrected chi connectivity index (χ3v) is 35.3. The zero-order valence-electron chi connectivity index (χ0n) is 99.0. The van der Waals surface area contributed by atoms with E-state index in [4.69, 9.17) is 75.8 Å². The first-order chi connectivity index (χ1) is 67.3. The van der Waals surface area contributed by atoms with Gasteiger partial charge in [0.05, 0.1) is 85.0 Å². The quantitative estimate of drug-likeness (QED) is 0.0403. The van der Waals surface area contributed by atoms with E-state index in [9.17, 15) is 47.9 Å². The molecular formula is C119H214O26. The number of ether oxygens (including phenoxy) is 16. The summed E-state index contributed by atoms with van der Waals surface area (Å²) in [5, 5.41) is 0. The molecule has 9 saturated carbocycles. The van der Waals surface area contributed by atoms with Gasteiger partial charge in [-0.2, -0.15) is 0 Å². The van der Waals surface area contributed by atoms with Crippen molar-refractivity contribution in [3.63, 3.8) is 0 Å². The zero-order valence-corrected chi connectivity index (χ0v) is 99.0. The number of hydrogen-bond donors (Lipinski definition) is 0. The Morgan fingerprint density at radius 2 is 0.441 bits per heavy atom. The molecule has 0 aromatic heterocycles. The highest BCUT2D eigenvalue weighted by atomic mass is 16.6. The second kappa shape index (κ2) is 58.5. The molecule has 9 aliphatic carbocycles. The second-order valence-electron chi connectivity index (χ2n) is 51.1. The Labute approximate surface area is 880 Å². The van der Waals surface area contributed by atoms with Crippen LogP contribution in [0.3, 0.4) is 0 Å². The first-order valence-electron chi connectivity index (χ1n) is 56.7. The largest absolute Gasteiger partial charge is 0.465 e. The lowest BCUT2D eigenvalue weighted by Crippen LogP contribution is -2.67. The fourth-order valence-corrected chi connectivity index (χ4v) is 22.0. The Morgan fingerprint density at radius 3 is 0.669 bits per heavy atom. The molecule has 26 nitrogen and oxygen atoms in total. The first kappa shape index (κ1) is 134. The molecule has 0 spiro atoms. The molecule has 26 heteroatoms. The molecule has 0 radical (unpaired) electrons. The molecule has 9 aliphatic rings. The maximum Gasteiger partial charge on any atom is 0.344 e. The SMILES string of the molecule is CCC(C)(C)C(=O)OC1(C(C)(C)COC)C2CC3CC(C2)CC1C3.CCOCC(C)(C)C1(OC(=O)C(C)(C)CC)CCCCC1.CCOCC(C)(C)C1(OC(=O)CCOC(=O)C(C)(C)CC)CCCC1.CCOCC(C)(C)C1(OC(=O)CCOC(=O)C(C)(C)CC)CCCCC1.CCOCC(C)(C)C1(OC(=O)COC(=O)C(C)(C)CC)CCCC1.CCOCC(C)(C)C1(OC(=O)COC(=O)C(C)(C)CC)CCCCC1. The van der Waals surface area contributed by atoms with Crippen molar-refractivity contribution in [1.29, 1.82) is 0 Å². The number of hydrogen-bond acceptors (Lipinski definition) is 26. The minimum atomic E-state index is -0.586. The van der Waals surface area contributed by atoms with Gasteiger partial charge in [0, 0.05) is 84.5 Å². The normalized spacial score (nSPS) is 21.3. The van der Waals surface area contributed by atoms with Gasteiger partial charge in [-0.15, -0.1) is 0 Å². The predicted octanol–water partition coefficient (Wildman–Crippen LogP) is 26.7. The van der Waals surface area contributed by atoms with Gasteiger partial charge in [0.25, 0.3) is 0 Å². The van der Waals surface area contributed by atoms with E-state index in [1.807, 2.05) is 152 Å². The van der Waals surface area contributed by atoms with Crippen LogP contribution in [0.2, 0.25) is 0 Å².